The summed E-state index contributed by atoms with van der Waals surface area (Å²) in [4.78, 5) is 18.0. The number of aromatic nitrogens is 2. The molecule has 0 N–H and O–H groups in total. The Balaban J connectivity index is 1.74. The van der Waals surface area contributed by atoms with Crippen molar-refractivity contribution in [3.05, 3.63) is 11.7 Å². The highest BCUT2D eigenvalue weighted by atomic mass is 16.5. The number of aryl methyl sites for hydroxylation is 1. The minimum atomic E-state index is 0.407. The van der Waals surface area contributed by atoms with Crippen LogP contribution in [-0.2, 0) is 11.3 Å². The van der Waals surface area contributed by atoms with Crippen molar-refractivity contribution < 1.29 is 9.32 Å². The third kappa shape index (κ3) is 1.65. The average Bonchev–Trinajstić information content (AvgIpc) is 2.72. The van der Waals surface area contributed by atoms with E-state index in [0.29, 0.717) is 36.6 Å². The van der Waals surface area contributed by atoms with Gasteiger partial charge in [0.2, 0.25) is 5.89 Å². The van der Waals surface area contributed by atoms with Gasteiger partial charge in [-0.1, -0.05) is 5.16 Å². The fraction of sp³-hybridized carbons (Fsp3) is 0.727. The van der Waals surface area contributed by atoms with E-state index >= 15 is 0 Å². The van der Waals surface area contributed by atoms with Gasteiger partial charge in [0.25, 0.3) is 0 Å². The van der Waals surface area contributed by atoms with Crippen molar-refractivity contribution in [1.82, 2.24) is 15.0 Å². The van der Waals surface area contributed by atoms with Crippen LogP contribution in [0.5, 0.6) is 0 Å². The van der Waals surface area contributed by atoms with Crippen LogP contribution in [0.25, 0.3) is 0 Å². The summed E-state index contributed by atoms with van der Waals surface area (Å²) in [5.74, 6) is 1.76. The molecule has 2 bridgehead atoms. The lowest BCUT2D eigenvalue weighted by molar-refractivity contribution is -0.123. The molecule has 0 saturated carbocycles. The Morgan fingerprint density at radius 3 is 2.62 bits per heavy atom. The summed E-state index contributed by atoms with van der Waals surface area (Å²) in [6.45, 7) is 2.52. The van der Waals surface area contributed by atoms with E-state index in [2.05, 4.69) is 15.0 Å². The molecule has 0 aliphatic carbocycles. The first-order chi connectivity index (χ1) is 7.72. The van der Waals surface area contributed by atoms with Crippen molar-refractivity contribution in [2.45, 2.75) is 51.2 Å². The molecule has 86 valence electrons. The maximum atomic E-state index is 11.4. The van der Waals surface area contributed by atoms with Crippen LogP contribution < -0.4 is 0 Å². The van der Waals surface area contributed by atoms with Crippen molar-refractivity contribution in [3.63, 3.8) is 0 Å². The van der Waals surface area contributed by atoms with E-state index in [1.807, 2.05) is 0 Å². The number of piperidine rings is 1. The number of carbonyl (C=O) groups is 1. The second-order valence-corrected chi connectivity index (χ2v) is 4.73. The van der Waals surface area contributed by atoms with Crippen LogP contribution in [-0.4, -0.2) is 32.9 Å². The number of nitrogens with zero attached hydrogens (tertiary/aromatic N) is 3. The molecule has 2 fully saturated rings. The van der Waals surface area contributed by atoms with E-state index in [-0.39, 0.29) is 0 Å². The number of ketones is 1. The molecule has 2 saturated heterocycles. The van der Waals surface area contributed by atoms with Gasteiger partial charge >= 0.3 is 0 Å². The fourth-order valence-electron chi connectivity index (χ4n) is 2.89. The fourth-order valence-corrected chi connectivity index (χ4v) is 2.89. The summed E-state index contributed by atoms with van der Waals surface area (Å²) in [5, 5.41) is 3.91. The first kappa shape index (κ1) is 9.96. The smallest absolute Gasteiger partial charge is 0.223 e. The van der Waals surface area contributed by atoms with Crippen molar-refractivity contribution in [3.8, 4) is 0 Å². The Morgan fingerprint density at radius 1 is 1.38 bits per heavy atom. The predicted octanol–water partition coefficient (Wildman–Crippen LogP) is 1.07. The maximum Gasteiger partial charge on any atom is 0.223 e. The van der Waals surface area contributed by atoms with E-state index in [0.717, 1.165) is 25.2 Å². The van der Waals surface area contributed by atoms with Gasteiger partial charge in [-0.2, -0.15) is 4.98 Å². The number of carbonyl (C=O) groups excluding carboxylic acids is 1. The monoisotopic (exact) mass is 221 g/mol. The molecule has 1 aromatic rings. The van der Waals surface area contributed by atoms with Crippen molar-refractivity contribution in [2.75, 3.05) is 0 Å². The molecule has 3 heterocycles. The second-order valence-electron chi connectivity index (χ2n) is 4.73. The topological polar surface area (TPSA) is 59.2 Å². The van der Waals surface area contributed by atoms with Crippen LogP contribution in [0.4, 0.5) is 0 Å². The van der Waals surface area contributed by atoms with Crippen LogP contribution in [0.2, 0.25) is 0 Å². The third-order valence-corrected chi connectivity index (χ3v) is 3.59. The molecule has 0 spiro atoms. The molecule has 2 aliphatic heterocycles. The highest BCUT2D eigenvalue weighted by molar-refractivity contribution is 5.80. The van der Waals surface area contributed by atoms with Gasteiger partial charge in [-0.15, -0.1) is 0 Å². The molecule has 2 aliphatic rings. The first-order valence-electron chi connectivity index (χ1n) is 5.79. The lowest BCUT2D eigenvalue weighted by Crippen LogP contribution is -2.42. The first-order valence-corrected chi connectivity index (χ1v) is 5.79. The lowest BCUT2D eigenvalue weighted by atomic mass is 10.0. The molecule has 16 heavy (non-hydrogen) atoms. The van der Waals surface area contributed by atoms with Crippen molar-refractivity contribution in [2.24, 2.45) is 0 Å². The lowest BCUT2D eigenvalue weighted by Gasteiger charge is -2.32. The average molecular weight is 221 g/mol. The largest absolute Gasteiger partial charge is 0.340 e. The normalized spacial score (nSPS) is 29.9. The summed E-state index contributed by atoms with van der Waals surface area (Å²) >= 11 is 0. The Bertz CT molecular complexity index is 399. The maximum absolute atomic E-state index is 11.4. The van der Waals surface area contributed by atoms with Crippen LogP contribution in [0.3, 0.4) is 0 Å². The van der Waals surface area contributed by atoms with Crippen molar-refractivity contribution >= 4 is 5.78 Å². The molecule has 0 radical (unpaired) electrons. The van der Waals surface area contributed by atoms with E-state index < -0.39 is 0 Å². The molecule has 1 aromatic heterocycles. The number of hydrogen-bond donors (Lipinski definition) is 0. The van der Waals surface area contributed by atoms with Gasteiger partial charge in [0.05, 0.1) is 6.54 Å². The molecular formula is C11H15N3O2. The van der Waals surface area contributed by atoms with Crippen LogP contribution in [0.1, 0.15) is 37.4 Å². The zero-order valence-electron chi connectivity index (χ0n) is 9.35. The number of Topliss-reactive ketones (excluding diaryl/α,β-unsaturated/α-hetero) is 1. The van der Waals surface area contributed by atoms with Gasteiger partial charge in [0, 0.05) is 31.8 Å². The Kier molecular flexibility index (Phi) is 2.28. The summed E-state index contributed by atoms with van der Waals surface area (Å²) in [7, 11) is 0. The summed E-state index contributed by atoms with van der Waals surface area (Å²) in [6, 6.07) is 0.815. The third-order valence-electron chi connectivity index (χ3n) is 3.59. The van der Waals surface area contributed by atoms with E-state index in [1.165, 1.54) is 0 Å². The molecule has 0 aromatic carbocycles. The highest BCUT2D eigenvalue weighted by Gasteiger charge is 2.40. The van der Waals surface area contributed by atoms with E-state index in [4.69, 9.17) is 4.52 Å². The van der Waals surface area contributed by atoms with Gasteiger partial charge in [-0.3, -0.25) is 9.69 Å². The second kappa shape index (κ2) is 3.66. The minimum Gasteiger partial charge on any atom is -0.340 e. The number of fused-ring (bicyclic) bond motifs is 2. The van der Waals surface area contributed by atoms with Crippen molar-refractivity contribution in [1.29, 1.82) is 0 Å². The molecule has 0 amide bonds. The molecular weight excluding hydrogens is 206 g/mol. The predicted molar refractivity (Wildman–Crippen MR) is 55.6 cm³/mol. The Hall–Kier alpha value is -1.23. The molecule has 5 heteroatoms. The summed E-state index contributed by atoms with van der Waals surface area (Å²) in [6.07, 6.45) is 3.67. The van der Waals surface area contributed by atoms with Gasteiger partial charge in [0.15, 0.2) is 5.82 Å². The summed E-state index contributed by atoms with van der Waals surface area (Å²) in [5.41, 5.74) is 0. The zero-order valence-corrected chi connectivity index (χ0v) is 9.35. The van der Waals surface area contributed by atoms with Crippen LogP contribution in [0, 0.1) is 6.92 Å². The molecule has 5 nitrogen and oxygen atoms in total. The minimum absolute atomic E-state index is 0.407. The highest BCUT2D eigenvalue weighted by Crippen LogP contribution is 2.34. The summed E-state index contributed by atoms with van der Waals surface area (Å²) < 4.78 is 4.96. The van der Waals surface area contributed by atoms with Gasteiger partial charge < -0.3 is 4.52 Å². The van der Waals surface area contributed by atoms with E-state index in [9.17, 15) is 4.79 Å². The Labute approximate surface area is 93.8 Å². The van der Waals surface area contributed by atoms with Crippen LogP contribution in [0.15, 0.2) is 4.52 Å². The quantitative estimate of drug-likeness (QED) is 0.747. The standard InChI is InChI=1S/C11H15N3O2/c1-7-12-11(13-16-7)6-14-8-2-3-9(14)5-10(15)4-8/h8-9H,2-6H2,1H3. The number of rotatable bonds is 2. The molecule has 2 unspecified atom stereocenters. The zero-order chi connectivity index (χ0) is 11.1. The van der Waals surface area contributed by atoms with Gasteiger partial charge in [-0.05, 0) is 12.8 Å². The molecule has 3 rings (SSSR count). The van der Waals surface area contributed by atoms with Gasteiger partial charge in [0.1, 0.15) is 5.78 Å². The van der Waals surface area contributed by atoms with Gasteiger partial charge in [-0.25, -0.2) is 0 Å². The molecule has 2 atom stereocenters. The number of hydrogen-bond acceptors (Lipinski definition) is 5. The van der Waals surface area contributed by atoms with E-state index in [1.54, 1.807) is 6.92 Å². The van der Waals surface area contributed by atoms with Crippen LogP contribution >= 0.6 is 0 Å². The SMILES string of the molecule is Cc1nc(CN2C3CCC2CC(=O)C3)no1. The Morgan fingerprint density at radius 2 is 2.06 bits per heavy atom.